The number of rotatable bonds is 7. The molecular formula is C19H27N3O2. The second-order valence-electron chi connectivity index (χ2n) is 6.28. The van der Waals surface area contributed by atoms with Crippen LogP contribution in [0.2, 0.25) is 0 Å². The molecule has 0 aliphatic carbocycles. The molecular weight excluding hydrogens is 302 g/mol. The van der Waals surface area contributed by atoms with E-state index in [-0.39, 0.29) is 0 Å². The smallest absolute Gasteiger partial charge is 0.170 e. The zero-order valence-corrected chi connectivity index (χ0v) is 14.6. The largest absolute Gasteiger partial charge is 0.493 e. The van der Waals surface area contributed by atoms with E-state index in [0.717, 1.165) is 41.1 Å². The number of hydrogen-bond donors (Lipinski definition) is 2. The van der Waals surface area contributed by atoms with E-state index >= 15 is 0 Å². The van der Waals surface area contributed by atoms with Crippen LogP contribution in [-0.2, 0) is 0 Å². The predicted octanol–water partition coefficient (Wildman–Crippen LogP) is 3.59. The lowest BCUT2D eigenvalue weighted by Crippen LogP contribution is -2.34. The van der Waals surface area contributed by atoms with E-state index in [4.69, 9.17) is 9.47 Å². The Kier molecular flexibility index (Phi) is 5.75. The van der Waals surface area contributed by atoms with Crippen LogP contribution in [0.3, 0.4) is 0 Å². The number of methoxy groups -OCH3 is 2. The summed E-state index contributed by atoms with van der Waals surface area (Å²) in [5, 5.41) is 8.10. The molecule has 0 amide bonds. The second-order valence-corrected chi connectivity index (χ2v) is 6.28. The van der Waals surface area contributed by atoms with E-state index in [0.29, 0.717) is 6.04 Å². The van der Waals surface area contributed by atoms with E-state index in [1.165, 1.54) is 32.2 Å². The van der Waals surface area contributed by atoms with Crippen LogP contribution in [0.25, 0.3) is 10.9 Å². The minimum Gasteiger partial charge on any atom is -0.493 e. The Labute approximate surface area is 143 Å². The minimum absolute atomic E-state index is 0.681. The number of nitrogens with zero attached hydrogens (tertiary/aromatic N) is 1. The Morgan fingerprint density at radius 2 is 2.21 bits per heavy atom. The summed E-state index contributed by atoms with van der Waals surface area (Å²) >= 11 is 0. The highest BCUT2D eigenvalue weighted by atomic mass is 16.5. The zero-order chi connectivity index (χ0) is 16.8. The van der Waals surface area contributed by atoms with Crippen molar-refractivity contribution >= 4 is 16.6 Å². The predicted molar refractivity (Wildman–Crippen MR) is 98.2 cm³/mol. The molecule has 2 aromatic rings. The molecule has 5 nitrogen and oxygen atoms in total. The zero-order valence-electron chi connectivity index (χ0n) is 14.6. The number of benzene rings is 1. The minimum atomic E-state index is 0.681. The van der Waals surface area contributed by atoms with Gasteiger partial charge in [0.25, 0.3) is 0 Å². The first-order valence-corrected chi connectivity index (χ1v) is 8.80. The summed E-state index contributed by atoms with van der Waals surface area (Å²) < 4.78 is 11.0. The molecule has 2 N–H and O–H groups in total. The number of aromatic nitrogens is 1. The molecule has 24 heavy (non-hydrogen) atoms. The van der Waals surface area contributed by atoms with Crippen LogP contribution in [0, 0.1) is 0 Å². The first kappa shape index (κ1) is 16.8. The summed E-state index contributed by atoms with van der Waals surface area (Å²) in [6.45, 7) is 2.10. The lowest BCUT2D eigenvalue weighted by molar-refractivity contribution is 0.358. The maximum Gasteiger partial charge on any atom is 0.170 e. The third-order valence-electron chi connectivity index (χ3n) is 4.69. The van der Waals surface area contributed by atoms with E-state index in [9.17, 15) is 0 Å². The number of pyridine rings is 1. The molecule has 5 heteroatoms. The van der Waals surface area contributed by atoms with E-state index < -0.39 is 0 Å². The molecule has 1 saturated heterocycles. The van der Waals surface area contributed by atoms with Crippen LogP contribution < -0.4 is 20.1 Å². The van der Waals surface area contributed by atoms with Gasteiger partial charge in [-0.1, -0.05) is 6.42 Å². The fourth-order valence-electron chi connectivity index (χ4n) is 3.44. The Morgan fingerprint density at radius 3 is 2.96 bits per heavy atom. The van der Waals surface area contributed by atoms with Crippen molar-refractivity contribution in [1.82, 2.24) is 10.3 Å². The SMILES string of the molecule is COc1cc(NCCC[C@H]2CCCCN2)c2ncccc2c1OC. The molecule has 130 valence electrons. The summed E-state index contributed by atoms with van der Waals surface area (Å²) in [6, 6.07) is 6.59. The van der Waals surface area contributed by atoms with Crippen LogP contribution in [-0.4, -0.2) is 38.3 Å². The van der Waals surface area contributed by atoms with Gasteiger partial charge in [0, 0.05) is 30.2 Å². The average molecular weight is 329 g/mol. The number of piperidine rings is 1. The van der Waals surface area contributed by atoms with Gasteiger partial charge >= 0.3 is 0 Å². The van der Waals surface area contributed by atoms with Crippen LogP contribution in [0.4, 0.5) is 5.69 Å². The maximum atomic E-state index is 5.51. The lowest BCUT2D eigenvalue weighted by atomic mass is 10.0. The average Bonchev–Trinajstić information content (AvgIpc) is 2.65. The maximum absolute atomic E-state index is 5.51. The van der Waals surface area contributed by atoms with Crippen molar-refractivity contribution in [2.75, 3.05) is 32.6 Å². The van der Waals surface area contributed by atoms with Crippen molar-refractivity contribution < 1.29 is 9.47 Å². The summed E-state index contributed by atoms with van der Waals surface area (Å²) in [4.78, 5) is 4.52. The van der Waals surface area contributed by atoms with Crippen molar-refractivity contribution in [3.63, 3.8) is 0 Å². The Bertz CT molecular complexity index is 669. The van der Waals surface area contributed by atoms with E-state index in [1.807, 2.05) is 24.4 Å². The molecule has 0 unspecified atom stereocenters. The normalized spacial score (nSPS) is 17.7. The fraction of sp³-hybridized carbons (Fsp3) is 0.526. The molecule has 0 saturated carbocycles. The lowest BCUT2D eigenvalue weighted by Gasteiger charge is -2.23. The van der Waals surface area contributed by atoms with Gasteiger partial charge in [0.15, 0.2) is 11.5 Å². The van der Waals surface area contributed by atoms with E-state index in [1.54, 1.807) is 14.2 Å². The Hall–Kier alpha value is -2.01. The summed E-state index contributed by atoms with van der Waals surface area (Å²) in [7, 11) is 3.33. The molecule has 3 rings (SSSR count). The van der Waals surface area contributed by atoms with Crippen LogP contribution in [0.5, 0.6) is 11.5 Å². The van der Waals surface area contributed by atoms with Gasteiger partial charge in [-0.25, -0.2) is 0 Å². The summed E-state index contributed by atoms with van der Waals surface area (Å²) in [6.07, 6.45) is 8.14. The Balaban J connectivity index is 1.69. The number of ether oxygens (including phenoxy) is 2. The molecule has 1 aliphatic rings. The van der Waals surface area contributed by atoms with Gasteiger partial charge in [-0.05, 0) is 44.4 Å². The monoisotopic (exact) mass is 329 g/mol. The van der Waals surface area contributed by atoms with Crippen LogP contribution >= 0.6 is 0 Å². The summed E-state index contributed by atoms with van der Waals surface area (Å²) in [5.41, 5.74) is 1.92. The highest BCUT2D eigenvalue weighted by Crippen LogP contribution is 2.39. The third-order valence-corrected chi connectivity index (χ3v) is 4.69. The first-order chi connectivity index (χ1) is 11.8. The molecule has 0 spiro atoms. The molecule has 1 aromatic carbocycles. The molecule has 1 fully saturated rings. The van der Waals surface area contributed by atoms with Crippen molar-refractivity contribution in [3.8, 4) is 11.5 Å². The number of anilines is 1. The van der Waals surface area contributed by atoms with Crippen molar-refractivity contribution in [3.05, 3.63) is 24.4 Å². The van der Waals surface area contributed by atoms with Crippen molar-refractivity contribution in [2.24, 2.45) is 0 Å². The third kappa shape index (κ3) is 3.73. The van der Waals surface area contributed by atoms with Gasteiger partial charge in [0.2, 0.25) is 0 Å². The van der Waals surface area contributed by atoms with Gasteiger partial charge < -0.3 is 20.1 Å². The van der Waals surface area contributed by atoms with Gasteiger partial charge in [0.05, 0.1) is 25.4 Å². The van der Waals surface area contributed by atoms with Crippen molar-refractivity contribution in [1.29, 1.82) is 0 Å². The first-order valence-electron chi connectivity index (χ1n) is 8.80. The second kappa shape index (κ2) is 8.20. The number of fused-ring (bicyclic) bond motifs is 1. The van der Waals surface area contributed by atoms with Gasteiger partial charge in [-0.3, -0.25) is 4.98 Å². The quantitative estimate of drug-likeness (QED) is 0.760. The molecule has 1 aliphatic heterocycles. The Morgan fingerprint density at radius 1 is 1.29 bits per heavy atom. The standard InChI is InChI=1S/C19H27N3O2/c1-23-17-13-16(18-15(19(17)24-2)9-6-12-22-18)21-11-5-8-14-7-3-4-10-20-14/h6,9,12-14,20-21H,3-5,7-8,10-11H2,1-2H3/t14-/m1/s1. The number of hydrogen-bond acceptors (Lipinski definition) is 5. The van der Waals surface area contributed by atoms with Crippen molar-refractivity contribution in [2.45, 2.75) is 38.1 Å². The topological polar surface area (TPSA) is 55.4 Å². The molecule has 2 heterocycles. The van der Waals surface area contributed by atoms with Gasteiger partial charge in [-0.15, -0.1) is 0 Å². The fourth-order valence-corrected chi connectivity index (χ4v) is 3.44. The summed E-state index contributed by atoms with van der Waals surface area (Å²) in [5.74, 6) is 1.46. The molecule has 1 atom stereocenters. The highest BCUT2D eigenvalue weighted by Gasteiger charge is 2.15. The molecule has 0 bridgehead atoms. The van der Waals surface area contributed by atoms with Gasteiger partial charge in [0.1, 0.15) is 0 Å². The number of nitrogens with one attached hydrogen (secondary N) is 2. The van der Waals surface area contributed by atoms with E-state index in [2.05, 4.69) is 15.6 Å². The van der Waals surface area contributed by atoms with Crippen LogP contribution in [0.15, 0.2) is 24.4 Å². The molecule has 1 aromatic heterocycles. The van der Waals surface area contributed by atoms with Gasteiger partial charge in [-0.2, -0.15) is 0 Å². The highest BCUT2D eigenvalue weighted by molar-refractivity contribution is 5.97. The van der Waals surface area contributed by atoms with Crippen LogP contribution in [0.1, 0.15) is 32.1 Å². The molecule has 0 radical (unpaired) electrons.